The SMILES string of the molecule is c1ccc(-c2ccccc2N(c2ccc(-c3cccc(-n4c5ccccc5c5ccccc54)c3)cc2)c2ccc(-c3cccc4oc5c(-c6ccccc6)cccc5c34)cc2)cc1. The second-order valence-electron chi connectivity index (χ2n) is 16.1. The minimum Gasteiger partial charge on any atom is -0.455 e. The van der Waals surface area contributed by atoms with Crippen LogP contribution >= 0.6 is 0 Å². The molecule has 0 saturated carbocycles. The topological polar surface area (TPSA) is 21.3 Å². The van der Waals surface area contributed by atoms with Gasteiger partial charge in [-0.25, -0.2) is 0 Å². The lowest BCUT2D eigenvalue weighted by molar-refractivity contribution is 0.670. The van der Waals surface area contributed by atoms with Crippen molar-refractivity contribution in [2.45, 2.75) is 0 Å². The van der Waals surface area contributed by atoms with Gasteiger partial charge in [0.1, 0.15) is 11.2 Å². The summed E-state index contributed by atoms with van der Waals surface area (Å²) in [4.78, 5) is 2.38. The first-order chi connectivity index (χ1) is 31.3. The van der Waals surface area contributed by atoms with E-state index in [9.17, 15) is 0 Å². The molecule has 0 atom stereocenters. The van der Waals surface area contributed by atoms with Crippen molar-refractivity contribution in [3.63, 3.8) is 0 Å². The minimum atomic E-state index is 0.883. The van der Waals surface area contributed by atoms with E-state index in [1.165, 1.54) is 32.9 Å². The van der Waals surface area contributed by atoms with Crippen molar-refractivity contribution in [1.29, 1.82) is 0 Å². The van der Waals surface area contributed by atoms with Crippen LogP contribution in [0.15, 0.2) is 247 Å². The number of aromatic nitrogens is 1. The van der Waals surface area contributed by atoms with Crippen LogP contribution < -0.4 is 4.90 Å². The molecule has 63 heavy (non-hydrogen) atoms. The van der Waals surface area contributed by atoms with Crippen molar-refractivity contribution in [3.8, 4) is 50.2 Å². The predicted octanol–water partition coefficient (Wildman–Crippen LogP) is 16.8. The summed E-state index contributed by atoms with van der Waals surface area (Å²) in [7, 11) is 0. The van der Waals surface area contributed by atoms with Gasteiger partial charge in [-0.15, -0.1) is 0 Å². The van der Waals surface area contributed by atoms with Crippen molar-refractivity contribution < 1.29 is 4.42 Å². The van der Waals surface area contributed by atoms with Crippen LogP contribution in [0, 0.1) is 0 Å². The maximum absolute atomic E-state index is 6.62. The number of para-hydroxylation sites is 4. The normalized spacial score (nSPS) is 11.5. The zero-order chi connectivity index (χ0) is 41.7. The molecule has 0 spiro atoms. The Kier molecular flexibility index (Phi) is 8.83. The molecule has 0 unspecified atom stereocenters. The van der Waals surface area contributed by atoms with Gasteiger partial charge in [0, 0.05) is 49.7 Å². The molecule has 0 saturated heterocycles. The highest BCUT2D eigenvalue weighted by Gasteiger charge is 2.20. The zero-order valence-electron chi connectivity index (χ0n) is 34.4. The summed E-state index contributed by atoms with van der Waals surface area (Å²) < 4.78 is 9.01. The monoisotopic (exact) mass is 804 g/mol. The molecule has 0 radical (unpaired) electrons. The van der Waals surface area contributed by atoms with Crippen LogP contribution in [0.1, 0.15) is 0 Å². The lowest BCUT2D eigenvalue weighted by atomic mass is 9.97. The Morgan fingerprint density at radius 3 is 1.52 bits per heavy atom. The van der Waals surface area contributed by atoms with Gasteiger partial charge in [0.15, 0.2) is 0 Å². The molecule has 2 heterocycles. The second-order valence-corrected chi connectivity index (χ2v) is 16.1. The fraction of sp³-hybridized carbons (Fsp3) is 0. The summed E-state index contributed by atoms with van der Waals surface area (Å²) in [5.74, 6) is 0. The second kappa shape index (κ2) is 15.3. The van der Waals surface area contributed by atoms with Crippen molar-refractivity contribution in [2.75, 3.05) is 4.90 Å². The average molecular weight is 805 g/mol. The lowest BCUT2D eigenvalue weighted by Crippen LogP contribution is -2.11. The Balaban J connectivity index is 0.950. The smallest absolute Gasteiger partial charge is 0.143 e. The van der Waals surface area contributed by atoms with Crippen molar-refractivity contribution in [3.05, 3.63) is 243 Å². The highest BCUT2D eigenvalue weighted by atomic mass is 16.3. The number of hydrogen-bond acceptors (Lipinski definition) is 2. The summed E-state index contributed by atoms with van der Waals surface area (Å²) in [6, 6.07) is 86.9. The van der Waals surface area contributed by atoms with Crippen LogP contribution in [0.3, 0.4) is 0 Å². The lowest BCUT2D eigenvalue weighted by Gasteiger charge is -2.28. The molecule has 0 aliphatic rings. The Morgan fingerprint density at radius 1 is 0.333 bits per heavy atom. The molecule has 0 fully saturated rings. The predicted molar refractivity (Wildman–Crippen MR) is 264 cm³/mol. The number of nitrogens with zero attached hydrogens (tertiary/aromatic N) is 2. The molecule has 296 valence electrons. The molecule has 0 aliphatic carbocycles. The number of anilines is 3. The number of fused-ring (bicyclic) bond motifs is 6. The minimum absolute atomic E-state index is 0.883. The standard InChI is InChI=1S/C60H40N2O/c1-3-16-42(17-4-1)49-22-7-10-28-55(49)61(46-36-32-41(33-37-46)45-20-13-21-48(40-45)62-56-29-11-8-23-52(56)53-24-9-12-30-57(53)62)47-38-34-44(35-39-47)50-25-15-31-58-59(50)54-27-14-26-51(60(54)63-58)43-18-5-2-6-19-43/h1-40H. The molecule has 10 aromatic carbocycles. The molecule has 0 N–H and O–H groups in total. The molecule has 0 bridgehead atoms. The first-order valence-corrected chi connectivity index (χ1v) is 21.5. The molecule has 12 rings (SSSR count). The van der Waals surface area contributed by atoms with Crippen LogP contribution in [0.5, 0.6) is 0 Å². The Hall–Kier alpha value is -8.40. The summed E-state index contributed by atoms with van der Waals surface area (Å²) >= 11 is 0. The van der Waals surface area contributed by atoms with Gasteiger partial charge in [0.05, 0.1) is 16.7 Å². The highest BCUT2D eigenvalue weighted by Crippen LogP contribution is 2.44. The first kappa shape index (κ1) is 36.5. The third kappa shape index (κ3) is 6.29. The van der Waals surface area contributed by atoms with E-state index in [0.717, 1.165) is 78.1 Å². The van der Waals surface area contributed by atoms with Crippen molar-refractivity contribution in [1.82, 2.24) is 4.57 Å². The van der Waals surface area contributed by atoms with Crippen LogP contribution in [-0.2, 0) is 0 Å². The van der Waals surface area contributed by atoms with E-state index >= 15 is 0 Å². The van der Waals surface area contributed by atoms with Gasteiger partial charge in [-0.1, -0.05) is 182 Å². The van der Waals surface area contributed by atoms with E-state index in [-0.39, 0.29) is 0 Å². The third-order valence-electron chi connectivity index (χ3n) is 12.4. The van der Waals surface area contributed by atoms with Gasteiger partial charge in [-0.2, -0.15) is 0 Å². The van der Waals surface area contributed by atoms with Gasteiger partial charge in [-0.3, -0.25) is 0 Å². The van der Waals surface area contributed by atoms with Crippen molar-refractivity contribution >= 4 is 60.8 Å². The molecule has 2 aromatic heterocycles. The van der Waals surface area contributed by atoms with Crippen LogP contribution in [-0.4, -0.2) is 4.57 Å². The van der Waals surface area contributed by atoms with E-state index in [1.807, 2.05) is 6.07 Å². The largest absolute Gasteiger partial charge is 0.455 e. The summed E-state index contributed by atoms with van der Waals surface area (Å²) in [5, 5.41) is 4.76. The van der Waals surface area contributed by atoms with E-state index in [1.54, 1.807) is 0 Å². The van der Waals surface area contributed by atoms with E-state index in [2.05, 4.69) is 246 Å². The zero-order valence-corrected chi connectivity index (χ0v) is 34.4. The van der Waals surface area contributed by atoms with Crippen LogP contribution in [0.2, 0.25) is 0 Å². The number of hydrogen-bond donors (Lipinski definition) is 0. The van der Waals surface area contributed by atoms with Crippen molar-refractivity contribution in [2.24, 2.45) is 0 Å². The first-order valence-electron chi connectivity index (χ1n) is 21.5. The van der Waals surface area contributed by atoms with Gasteiger partial charge in [-0.05, 0) is 94.0 Å². The van der Waals surface area contributed by atoms with Gasteiger partial charge < -0.3 is 13.9 Å². The average Bonchev–Trinajstić information content (AvgIpc) is 3.92. The molecule has 3 heteroatoms. The summed E-state index contributed by atoms with van der Waals surface area (Å²) in [5.41, 5.74) is 17.8. The number of rotatable bonds is 8. The summed E-state index contributed by atoms with van der Waals surface area (Å²) in [6.45, 7) is 0. The summed E-state index contributed by atoms with van der Waals surface area (Å²) in [6.07, 6.45) is 0. The quantitative estimate of drug-likeness (QED) is 0.153. The fourth-order valence-corrected chi connectivity index (χ4v) is 9.51. The molecule has 0 aliphatic heterocycles. The number of furan rings is 1. The Morgan fingerprint density at radius 2 is 0.825 bits per heavy atom. The van der Waals surface area contributed by atoms with Crippen LogP contribution in [0.4, 0.5) is 17.1 Å². The molecule has 12 aromatic rings. The maximum atomic E-state index is 6.62. The van der Waals surface area contributed by atoms with E-state index < -0.39 is 0 Å². The van der Waals surface area contributed by atoms with Gasteiger partial charge >= 0.3 is 0 Å². The highest BCUT2D eigenvalue weighted by molar-refractivity contribution is 6.15. The molecular weight excluding hydrogens is 765 g/mol. The molecule has 3 nitrogen and oxygen atoms in total. The van der Waals surface area contributed by atoms with Gasteiger partial charge in [0.25, 0.3) is 0 Å². The Bertz CT molecular complexity index is 3550. The maximum Gasteiger partial charge on any atom is 0.143 e. The van der Waals surface area contributed by atoms with Crippen LogP contribution in [0.25, 0.3) is 93.9 Å². The fourth-order valence-electron chi connectivity index (χ4n) is 9.51. The van der Waals surface area contributed by atoms with E-state index in [4.69, 9.17) is 4.42 Å². The third-order valence-corrected chi connectivity index (χ3v) is 12.4. The molecule has 0 amide bonds. The molecular formula is C60H40N2O. The number of benzene rings is 10. The Labute approximate surface area is 366 Å². The van der Waals surface area contributed by atoms with Gasteiger partial charge in [0.2, 0.25) is 0 Å². The van der Waals surface area contributed by atoms with E-state index in [0.29, 0.717) is 0 Å².